The SMILES string of the molecule is CC(NC(C)c1nc2c(s1)CCC2)c1cnn(C)c1. The molecule has 0 bridgehead atoms. The van der Waals surface area contributed by atoms with E-state index in [1.807, 2.05) is 29.3 Å². The Bertz CT molecular complexity index is 550. The molecule has 0 saturated carbocycles. The lowest BCUT2D eigenvalue weighted by Gasteiger charge is -2.17. The summed E-state index contributed by atoms with van der Waals surface area (Å²) in [4.78, 5) is 6.28. The molecular weight excluding hydrogens is 256 g/mol. The van der Waals surface area contributed by atoms with Crippen molar-refractivity contribution in [1.29, 1.82) is 0 Å². The zero-order valence-electron chi connectivity index (χ0n) is 11.7. The molecule has 0 amide bonds. The molecule has 2 unspecified atom stereocenters. The molecule has 1 N–H and O–H groups in total. The van der Waals surface area contributed by atoms with Gasteiger partial charge in [-0.15, -0.1) is 11.3 Å². The second-order valence-corrected chi connectivity index (χ2v) is 6.45. The largest absolute Gasteiger partial charge is 0.301 e. The summed E-state index contributed by atoms with van der Waals surface area (Å²) < 4.78 is 1.84. The number of hydrogen-bond donors (Lipinski definition) is 1. The average Bonchev–Trinajstić information content (AvgIpc) is 3.02. The van der Waals surface area contributed by atoms with E-state index in [0.717, 1.165) is 6.42 Å². The Hall–Kier alpha value is -1.20. The lowest BCUT2D eigenvalue weighted by atomic mass is 10.1. The third-order valence-corrected chi connectivity index (χ3v) is 5.05. The van der Waals surface area contributed by atoms with Crippen LogP contribution in [-0.2, 0) is 19.9 Å². The van der Waals surface area contributed by atoms with Crippen molar-refractivity contribution in [2.75, 3.05) is 0 Å². The molecule has 2 heterocycles. The van der Waals surface area contributed by atoms with E-state index in [2.05, 4.69) is 30.5 Å². The zero-order valence-corrected chi connectivity index (χ0v) is 12.5. The first kappa shape index (κ1) is 12.8. The molecule has 0 saturated heterocycles. The second kappa shape index (κ2) is 5.06. The van der Waals surface area contributed by atoms with Crippen molar-refractivity contribution in [3.05, 3.63) is 33.5 Å². The maximum atomic E-state index is 4.78. The van der Waals surface area contributed by atoms with Gasteiger partial charge in [-0.2, -0.15) is 5.10 Å². The molecule has 1 aliphatic carbocycles. The topological polar surface area (TPSA) is 42.7 Å². The summed E-state index contributed by atoms with van der Waals surface area (Å²) in [5.74, 6) is 0. The first-order valence-corrected chi connectivity index (χ1v) is 7.68. The fourth-order valence-corrected chi connectivity index (χ4v) is 3.77. The summed E-state index contributed by atoms with van der Waals surface area (Å²) >= 11 is 1.88. The molecule has 19 heavy (non-hydrogen) atoms. The summed E-state index contributed by atoms with van der Waals surface area (Å²) in [7, 11) is 1.95. The van der Waals surface area contributed by atoms with E-state index in [9.17, 15) is 0 Å². The van der Waals surface area contributed by atoms with Crippen LogP contribution < -0.4 is 5.32 Å². The summed E-state index contributed by atoms with van der Waals surface area (Å²) in [6.45, 7) is 4.37. The van der Waals surface area contributed by atoms with Gasteiger partial charge in [0.2, 0.25) is 0 Å². The molecule has 1 aliphatic rings. The molecule has 2 atom stereocenters. The highest BCUT2D eigenvalue weighted by Crippen LogP contribution is 2.31. The molecule has 0 aliphatic heterocycles. The monoisotopic (exact) mass is 276 g/mol. The van der Waals surface area contributed by atoms with Crippen LogP contribution in [0.25, 0.3) is 0 Å². The molecule has 5 heteroatoms. The van der Waals surface area contributed by atoms with Gasteiger partial charge >= 0.3 is 0 Å². The van der Waals surface area contributed by atoms with E-state index >= 15 is 0 Å². The van der Waals surface area contributed by atoms with E-state index in [1.165, 1.54) is 34.0 Å². The van der Waals surface area contributed by atoms with Gasteiger partial charge in [0, 0.05) is 29.7 Å². The van der Waals surface area contributed by atoms with Crippen LogP contribution in [0.15, 0.2) is 12.4 Å². The van der Waals surface area contributed by atoms with Crippen molar-refractivity contribution in [2.45, 2.75) is 45.2 Å². The minimum Gasteiger partial charge on any atom is -0.301 e. The van der Waals surface area contributed by atoms with E-state index in [4.69, 9.17) is 4.98 Å². The van der Waals surface area contributed by atoms with E-state index in [1.54, 1.807) is 0 Å². The molecule has 0 aromatic carbocycles. The van der Waals surface area contributed by atoms with Crippen LogP contribution >= 0.6 is 11.3 Å². The molecule has 2 aromatic rings. The standard InChI is InChI=1S/C14H20N4S/c1-9(11-7-15-18(3)8-11)16-10(2)14-17-12-5-4-6-13(12)19-14/h7-10,16H,4-6H2,1-3H3. The Morgan fingerprint density at radius 2 is 2.16 bits per heavy atom. The van der Waals surface area contributed by atoms with Gasteiger partial charge in [-0.25, -0.2) is 4.98 Å². The van der Waals surface area contributed by atoms with E-state index < -0.39 is 0 Å². The third-order valence-electron chi connectivity index (χ3n) is 3.71. The molecule has 3 rings (SSSR count). The van der Waals surface area contributed by atoms with Gasteiger partial charge in [0.15, 0.2) is 0 Å². The zero-order chi connectivity index (χ0) is 13.4. The highest BCUT2D eigenvalue weighted by molar-refractivity contribution is 7.11. The molecule has 102 valence electrons. The Kier molecular flexibility index (Phi) is 3.41. The van der Waals surface area contributed by atoms with E-state index in [-0.39, 0.29) is 0 Å². The Labute approximate surface area is 117 Å². The van der Waals surface area contributed by atoms with Crippen LogP contribution in [0.5, 0.6) is 0 Å². The Morgan fingerprint density at radius 3 is 2.84 bits per heavy atom. The van der Waals surface area contributed by atoms with Crippen molar-refractivity contribution in [3.63, 3.8) is 0 Å². The van der Waals surface area contributed by atoms with Gasteiger partial charge in [0.05, 0.1) is 17.9 Å². The van der Waals surface area contributed by atoms with Gasteiger partial charge in [-0.1, -0.05) is 0 Å². The highest BCUT2D eigenvalue weighted by Gasteiger charge is 2.21. The molecule has 0 spiro atoms. The summed E-state index contributed by atoms with van der Waals surface area (Å²) in [6, 6.07) is 0.591. The number of fused-ring (bicyclic) bond motifs is 1. The fraction of sp³-hybridized carbons (Fsp3) is 0.571. The van der Waals surface area contributed by atoms with Gasteiger partial charge in [-0.3, -0.25) is 4.68 Å². The van der Waals surface area contributed by atoms with Gasteiger partial charge < -0.3 is 5.32 Å². The highest BCUT2D eigenvalue weighted by atomic mass is 32.1. The average molecular weight is 276 g/mol. The molecule has 0 fully saturated rings. The number of aryl methyl sites for hydroxylation is 3. The molecule has 2 aromatic heterocycles. The second-order valence-electron chi connectivity index (χ2n) is 5.33. The van der Waals surface area contributed by atoms with Crippen molar-refractivity contribution in [2.24, 2.45) is 7.05 Å². The van der Waals surface area contributed by atoms with E-state index in [0.29, 0.717) is 12.1 Å². The van der Waals surface area contributed by atoms with Crippen LogP contribution in [0.3, 0.4) is 0 Å². The predicted octanol–water partition coefficient (Wildman–Crippen LogP) is 2.78. The number of nitrogens with one attached hydrogen (secondary N) is 1. The lowest BCUT2D eigenvalue weighted by Crippen LogP contribution is -2.22. The summed E-state index contributed by atoms with van der Waals surface area (Å²) in [5.41, 5.74) is 2.56. The minimum atomic E-state index is 0.294. The van der Waals surface area contributed by atoms with Gasteiger partial charge in [-0.05, 0) is 33.1 Å². The van der Waals surface area contributed by atoms with Crippen molar-refractivity contribution < 1.29 is 0 Å². The normalized spacial score (nSPS) is 17.4. The van der Waals surface area contributed by atoms with Crippen LogP contribution in [0, 0.1) is 0 Å². The van der Waals surface area contributed by atoms with Crippen molar-refractivity contribution in [1.82, 2.24) is 20.1 Å². The fourth-order valence-electron chi connectivity index (χ4n) is 2.60. The Morgan fingerprint density at radius 1 is 1.32 bits per heavy atom. The predicted molar refractivity (Wildman–Crippen MR) is 77.3 cm³/mol. The number of hydrogen-bond acceptors (Lipinski definition) is 4. The molecule has 0 radical (unpaired) electrons. The number of thiazole rings is 1. The lowest BCUT2D eigenvalue weighted by molar-refractivity contribution is 0.492. The maximum absolute atomic E-state index is 4.78. The smallest absolute Gasteiger partial charge is 0.110 e. The van der Waals surface area contributed by atoms with Crippen LogP contribution in [-0.4, -0.2) is 14.8 Å². The molecule has 4 nitrogen and oxygen atoms in total. The van der Waals surface area contributed by atoms with Crippen molar-refractivity contribution >= 4 is 11.3 Å². The van der Waals surface area contributed by atoms with Crippen LogP contribution in [0.2, 0.25) is 0 Å². The summed E-state index contributed by atoms with van der Waals surface area (Å²) in [6.07, 6.45) is 7.65. The third kappa shape index (κ3) is 2.58. The quantitative estimate of drug-likeness (QED) is 0.933. The maximum Gasteiger partial charge on any atom is 0.110 e. The Balaban J connectivity index is 1.68. The summed E-state index contributed by atoms with van der Waals surface area (Å²) in [5, 5.41) is 9.05. The van der Waals surface area contributed by atoms with Crippen LogP contribution in [0.1, 0.15) is 53.5 Å². The van der Waals surface area contributed by atoms with Gasteiger partial charge in [0.25, 0.3) is 0 Å². The number of aromatic nitrogens is 3. The number of rotatable bonds is 4. The number of nitrogens with zero attached hydrogens (tertiary/aromatic N) is 3. The first-order chi connectivity index (χ1) is 9.13. The minimum absolute atomic E-state index is 0.294. The molecular formula is C14H20N4S. The van der Waals surface area contributed by atoms with Crippen LogP contribution in [0.4, 0.5) is 0 Å². The first-order valence-electron chi connectivity index (χ1n) is 6.86. The van der Waals surface area contributed by atoms with Crippen molar-refractivity contribution in [3.8, 4) is 0 Å². The van der Waals surface area contributed by atoms with Gasteiger partial charge in [0.1, 0.15) is 5.01 Å².